The highest BCUT2D eigenvalue weighted by Crippen LogP contribution is 2.49. The van der Waals surface area contributed by atoms with Crippen LogP contribution < -0.4 is 10.2 Å². The lowest BCUT2D eigenvalue weighted by Crippen LogP contribution is -2.37. The molecular formula is C22H20F4N4O2. The van der Waals surface area contributed by atoms with Crippen LogP contribution in [0.5, 0.6) is 0 Å². The van der Waals surface area contributed by atoms with Crippen LogP contribution in [0.25, 0.3) is 11.1 Å². The zero-order valence-corrected chi connectivity index (χ0v) is 16.9. The predicted molar refractivity (Wildman–Crippen MR) is 107 cm³/mol. The lowest BCUT2D eigenvalue weighted by molar-refractivity contribution is -0.141. The van der Waals surface area contributed by atoms with Crippen molar-refractivity contribution in [3.05, 3.63) is 53.9 Å². The molecule has 0 unspecified atom stereocenters. The first-order valence-electron chi connectivity index (χ1n) is 10.4. The summed E-state index contributed by atoms with van der Waals surface area (Å²) in [6.07, 6.45) is -1.41. The van der Waals surface area contributed by atoms with E-state index in [1.54, 1.807) is 6.07 Å². The number of carbonyl (C=O) groups is 1. The molecule has 1 aromatic carbocycles. The topological polar surface area (TPSA) is 71.3 Å². The molecule has 1 aliphatic heterocycles. The largest absolute Gasteiger partial charge is 0.440 e. The standard InChI is InChI=1S/C22H20F4N4O2/c23-13-1-3-17-18(9-13)32-21(29-17)16-7-12(16)8-20(31)28-14-5-6-30(11-14)15-2-4-19(27-10-15)22(24,25)26/h1-4,9-10,12,14,16H,5-8,11H2,(H,28,31)/t12-,14+,16-/m0/s1. The van der Waals surface area contributed by atoms with Gasteiger partial charge >= 0.3 is 6.18 Å². The zero-order chi connectivity index (χ0) is 22.5. The molecule has 1 amide bonds. The molecule has 0 radical (unpaired) electrons. The minimum Gasteiger partial charge on any atom is -0.440 e. The monoisotopic (exact) mass is 448 g/mol. The highest BCUT2D eigenvalue weighted by atomic mass is 19.4. The van der Waals surface area contributed by atoms with Crippen molar-refractivity contribution in [2.45, 2.75) is 37.4 Å². The number of hydrogen-bond donors (Lipinski definition) is 1. The van der Waals surface area contributed by atoms with E-state index in [9.17, 15) is 22.4 Å². The molecule has 2 aromatic heterocycles. The summed E-state index contributed by atoms with van der Waals surface area (Å²) < 4.78 is 57.0. The third kappa shape index (κ3) is 4.26. The summed E-state index contributed by atoms with van der Waals surface area (Å²) >= 11 is 0. The van der Waals surface area contributed by atoms with Gasteiger partial charge in [-0.2, -0.15) is 13.2 Å². The van der Waals surface area contributed by atoms with Crippen LogP contribution in [0.3, 0.4) is 0 Å². The molecule has 10 heteroatoms. The van der Waals surface area contributed by atoms with Crippen LogP contribution in [0.1, 0.15) is 36.8 Å². The Morgan fingerprint density at radius 1 is 1.25 bits per heavy atom. The number of nitrogens with zero attached hydrogens (tertiary/aromatic N) is 3. The fraction of sp³-hybridized carbons (Fsp3) is 0.409. The van der Waals surface area contributed by atoms with Crippen molar-refractivity contribution < 1.29 is 26.8 Å². The van der Waals surface area contributed by atoms with Crippen LogP contribution in [0.2, 0.25) is 0 Å². The van der Waals surface area contributed by atoms with Crippen LogP contribution in [-0.2, 0) is 11.0 Å². The number of nitrogens with one attached hydrogen (secondary N) is 1. The molecule has 0 bridgehead atoms. The van der Waals surface area contributed by atoms with E-state index < -0.39 is 11.9 Å². The molecule has 3 atom stereocenters. The van der Waals surface area contributed by atoms with Gasteiger partial charge in [0.05, 0.1) is 11.9 Å². The number of carbonyl (C=O) groups excluding carboxylic acids is 1. The average molecular weight is 448 g/mol. The number of halogens is 4. The second-order valence-corrected chi connectivity index (χ2v) is 8.37. The number of hydrogen-bond acceptors (Lipinski definition) is 5. The van der Waals surface area contributed by atoms with Gasteiger partial charge in [-0.05, 0) is 43.0 Å². The Bertz CT molecular complexity index is 1150. The first-order chi connectivity index (χ1) is 15.3. The van der Waals surface area contributed by atoms with Gasteiger partial charge in [0.15, 0.2) is 11.5 Å². The fourth-order valence-electron chi connectivity index (χ4n) is 4.23. The summed E-state index contributed by atoms with van der Waals surface area (Å²) in [6.45, 7) is 1.15. The average Bonchev–Trinajstić information content (AvgIpc) is 3.15. The first-order valence-corrected chi connectivity index (χ1v) is 10.4. The van der Waals surface area contributed by atoms with E-state index in [4.69, 9.17) is 4.42 Å². The minimum atomic E-state index is -4.46. The van der Waals surface area contributed by atoms with E-state index in [1.165, 1.54) is 24.4 Å². The Morgan fingerprint density at radius 2 is 2.09 bits per heavy atom. The Morgan fingerprint density at radius 3 is 2.84 bits per heavy atom. The van der Waals surface area contributed by atoms with Crippen molar-refractivity contribution in [1.82, 2.24) is 15.3 Å². The zero-order valence-electron chi connectivity index (χ0n) is 16.9. The van der Waals surface area contributed by atoms with Crippen LogP contribution in [0.15, 0.2) is 40.9 Å². The second-order valence-electron chi connectivity index (χ2n) is 8.37. The predicted octanol–water partition coefficient (Wildman–Crippen LogP) is 4.27. The van der Waals surface area contributed by atoms with Crippen molar-refractivity contribution in [3.8, 4) is 0 Å². The molecule has 6 nitrogen and oxygen atoms in total. The summed E-state index contributed by atoms with van der Waals surface area (Å²) in [7, 11) is 0. The van der Waals surface area contributed by atoms with Gasteiger partial charge < -0.3 is 14.6 Å². The Labute approximate surface area is 180 Å². The Balaban J connectivity index is 1.12. The van der Waals surface area contributed by atoms with Gasteiger partial charge in [0.1, 0.15) is 17.0 Å². The number of benzene rings is 1. The molecule has 1 N–H and O–H groups in total. The summed E-state index contributed by atoms with van der Waals surface area (Å²) in [5.74, 6) is 0.256. The van der Waals surface area contributed by atoms with Crippen LogP contribution >= 0.6 is 0 Å². The van der Waals surface area contributed by atoms with Gasteiger partial charge in [-0.1, -0.05) is 0 Å². The highest BCUT2D eigenvalue weighted by Gasteiger charge is 2.43. The SMILES string of the molecule is O=C(C[C@@H]1C[C@@H]1c1nc2ccc(F)cc2o1)N[C@@H]1CCN(c2ccc(C(F)(F)F)nc2)C1. The van der Waals surface area contributed by atoms with Crippen molar-refractivity contribution >= 4 is 22.7 Å². The van der Waals surface area contributed by atoms with E-state index in [-0.39, 0.29) is 29.6 Å². The number of aromatic nitrogens is 2. The molecule has 1 saturated carbocycles. The quantitative estimate of drug-likeness (QED) is 0.591. The molecule has 3 heterocycles. The Hall–Kier alpha value is -3.17. The lowest BCUT2D eigenvalue weighted by atomic mass is 10.2. The molecule has 2 aliphatic rings. The Kier molecular flexibility index (Phi) is 5.02. The van der Waals surface area contributed by atoms with Gasteiger partial charge in [0, 0.05) is 37.5 Å². The van der Waals surface area contributed by atoms with E-state index in [0.29, 0.717) is 48.6 Å². The molecule has 3 aromatic rings. The molecule has 32 heavy (non-hydrogen) atoms. The number of amides is 1. The molecule has 168 valence electrons. The molecule has 5 rings (SSSR count). The number of oxazole rings is 1. The number of alkyl halides is 3. The summed E-state index contributed by atoms with van der Waals surface area (Å²) in [6, 6.07) is 6.50. The maximum Gasteiger partial charge on any atom is 0.433 e. The molecule has 2 fully saturated rings. The number of rotatable bonds is 5. The third-order valence-corrected chi connectivity index (χ3v) is 6.01. The smallest absolute Gasteiger partial charge is 0.433 e. The van der Waals surface area contributed by atoms with Gasteiger partial charge in [-0.25, -0.2) is 14.4 Å². The lowest BCUT2D eigenvalue weighted by Gasteiger charge is -2.19. The molecule has 1 saturated heterocycles. The number of fused-ring (bicyclic) bond motifs is 1. The van der Waals surface area contributed by atoms with Gasteiger partial charge in [0.2, 0.25) is 5.91 Å². The van der Waals surface area contributed by atoms with Gasteiger partial charge in [-0.15, -0.1) is 0 Å². The molecular weight excluding hydrogens is 428 g/mol. The van der Waals surface area contributed by atoms with Crippen LogP contribution in [-0.4, -0.2) is 35.0 Å². The minimum absolute atomic E-state index is 0.0505. The maximum atomic E-state index is 13.3. The van der Waals surface area contributed by atoms with Gasteiger partial charge in [-0.3, -0.25) is 4.79 Å². The second kappa shape index (κ2) is 7.75. The van der Waals surface area contributed by atoms with Crippen molar-refractivity contribution in [3.63, 3.8) is 0 Å². The maximum absolute atomic E-state index is 13.3. The third-order valence-electron chi connectivity index (χ3n) is 6.01. The van der Waals surface area contributed by atoms with Crippen LogP contribution in [0.4, 0.5) is 23.2 Å². The van der Waals surface area contributed by atoms with Gasteiger partial charge in [0.25, 0.3) is 0 Å². The summed E-state index contributed by atoms with van der Waals surface area (Å²) in [5.41, 5.74) is 0.678. The normalized spacial score (nSPS) is 23.0. The summed E-state index contributed by atoms with van der Waals surface area (Å²) in [5, 5.41) is 3.01. The van der Waals surface area contributed by atoms with E-state index in [2.05, 4.69) is 15.3 Å². The highest BCUT2D eigenvalue weighted by molar-refractivity contribution is 5.77. The van der Waals surface area contributed by atoms with E-state index in [1.807, 2.05) is 4.90 Å². The molecule has 1 aliphatic carbocycles. The van der Waals surface area contributed by atoms with E-state index >= 15 is 0 Å². The van der Waals surface area contributed by atoms with Crippen molar-refractivity contribution in [2.75, 3.05) is 18.0 Å². The number of pyridine rings is 1. The van der Waals surface area contributed by atoms with E-state index in [0.717, 1.165) is 12.5 Å². The summed E-state index contributed by atoms with van der Waals surface area (Å²) in [4.78, 5) is 22.3. The first kappa shape index (κ1) is 20.7. The van der Waals surface area contributed by atoms with Crippen LogP contribution in [0, 0.1) is 11.7 Å². The van der Waals surface area contributed by atoms with Crippen molar-refractivity contribution in [1.29, 1.82) is 0 Å². The number of anilines is 1. The fourth-order valence-corrected chi connectivity index (χ4v) is 4.23. The van der Waals surface area contributed by atoms with Crippen molar-refractivity contribution in [2.24, 2.45) is 5.92 Å². The molecule has 0 spiro atoms.